The molecule has 0 spiro atoms. The molecule has 0 bridgehead atoms. The third-order valence-corrected chi connectivity index (χ3v) is 5.55. The summed E-state index contributed by atoms with van der Waals surface area (Å²) in [6.45, 7) is 6.01. The normalized spacial score (nSPS) is 10.6. The zero-order valence-electron chi connectivity index (χ0n) is 16.8. The molecule has 0 N–H and O–H groups in total. The Kier molecular flexibility index (Phi) is 5.54. The number of para-hydroxylation sites is 1. The first-order valence-corrected chi connectivity index (χ1v) is 10.7. The average molecular weight is 398 g/mol. The van der Waals surface area contributed by atoms with Gasteiger partial charge in [-0.2, -0.15) is 5.10 Å². The molecule has 0 aliphatic rings. The molecular weight excluding hydrogens is 374 g/mol. The van der Waals surface area contributed by atoms with Gasteiger partial charge in [-0.15, -0.1) is 11.3 Å². The molecule has 2 aromatic heterocycles. The number of aryl methyl sites for hydroxylation is 1. The smallest absolute Gasteiger partial charge is 0.211 e. The van der Waals surface area contributed by atoms with Crippen molar-refractivity contribution in [3.05, 3.63) is 89.9 Å². The minimum Gasteiger partial charge on any atom is -0.224 e. The van der Waals surface area contributed by atoms with E-state index >= 15 is 0 Å². The summed E-state index contributed by atoms with van der Waals surface area (Å²) in [5.74, 6) is 0. The molecule has 0 unspecified atom stereocenters. The number of hydrogen-bond acceptors (Lipinski definition) is 3. The van der Waals surface area contributed by atoms with E-state index in [0.29, 0.717) is 0 Å². The van der Waals surface area contributed by atoms with Crippen LogP contribution in [0.15, 0.2) is 84.2 Å². The lowest BCUT2D eigenvalue weighted by Crippen LogP contribution is -1.95. The molecule has 0 amide bonds. The number of nitrogens with zero attached hydrogens (tertiary/aromatic N) is 3. The maximum absolute atomic E-state index is 4.94. The van der Waals surface area contributed by atoms with Gasteiger partial charge in [0.1, 0.15) is 5.69 Å². The van der Waals surface area contributed by atoms with E-state index in [1.165, 1.54) is 11.1 Å². The van der Waals surface area contributed by atoms with Crippen LogP contribution in [-0.2, 0) is 0 Å². The van der Waals surface area contributed by atoms with Crippen molar-refractivity contribution in [2.24, 2.45) is 0 Å². The van der Waals surface area contributed by atoms with Crippen LogP contribution in [0.3, 0.4) is 0 Å². The van der Waals surface area contributed by atoms with Gasteiger partial charge in [0.25, 0.3) is 0 Å². The lowest BCUT2D eigenvalue weighted by atomic mass is 10.0. The van der Waals surface area contributed by atoms with Gasteiger partial charge in [0.15, 0.2) is 0 Å². The van der Waals surface area contributed by atoms with Crippen LogP contribution in [-0.4, -0.2) is 14.8 Å². The highest BCUT2D eigenvalue weighted by Crippen LogP contribution is 2.32. The minimum atomic E-state index is 0.897. The van der Waals surface area contributed by atoms with Crippen molar-refractivity contribution in [2.45, 2.75) is 20.8 Å². The predicted octanol–water partition coefficient (Wildman–Crippen LogP) is 7.15. The maximum Gasteiger partial charge on any atom is 0.211 e. The van der Waals surface area contributed by atoms with E-state index < -0.39 is 0 Å². The molecule has 0 radical (unpaired) electrons. The molecule has 0 aliphatic heterocycles. The SMILES string of the molecule is CC.Cc1csc(-n2nc(-c3cccc(-c4ccccc4)c3)c3ccccc32)n1. The summed E-state index contributed by atoms with van der Waals surface area (Å²) in [6, 6.07) is 27.3. The molecule has 0 saturated heterocycles. The molecule has 3 aromatic carbocycles. The fourth-order valence-corrected chi connectivity index (χ4v) is 4.11. The van der Waals surface area contributed by atoms with Crippen LogP contribution in [0.2, 0.25) is 0 Å². The van der Waals surface area contributed by atoms with Crippen LogP contribution in [0.4, 0.5) is 0 Å². The standard InChI is InChI=1S/C23H17N3S.C2H6/c1-16-15-27-23(24-16)26-21-13-6-5-12-20(21)22(25-26)19-11-7-10-18(14-19)17-8-3-2-4-9-17;1-2/h2-15H,1H3;1-2H3. The number of rotatable bonds is 3. The topological polar surface area (TPSA) is 30.7 Å². The number of aromatic nitrogens is 3. The molecule has 3 nitrogen and oxygen atoms in total. The fraction of sp³-hybridized carbons (Fsp3) is 0.120. The summed E-state index contributed by atoms with van der Waals surface area (Å²) in [5.41, 5.74) is 6.58. The molecule has 2 heterocycles. The van der Waals surface area contributed by atoms with E-state index in [9.17, 15) is 0 Å². The van der Waals surface area contributed by atoms with Gasteiger partial charge in [-0.3, -0.25) is 0 Å². The first kappa shape index (κ1) is 19.1. The van der Waals surface area contributed by atoms with Gasteiger partial charge in [-0.25, -0.2) is 9.67 Å². The van der Waals surface area contributed by atoms with E-state index in [0.717, 1.165) is 33.0 Å². The third-order valence-electron chi connectivity index (χ3n) is 4.62. The second kappa shape index (κ2) is 8.41. The first-order valence-electron chi connectivity index (χ1n) is 9.86. The molecule has 29 heavy (non-hydrogen) atoms. The maximum atomic E-state index is 4.94. The largest absolute Gasteiger partial charge is 0.224 e. The Hall–Kier alpha value is -3.24. The lowest BCUT2D eigenvalue weighted by Gasteiger charge is -2.04. The van der Waals surface area contributed by atoms with Crippen molar-refractivity contribution < 1.29 is 0 Å². The van der Waals surface area contributed by atoms with Gasteiger partial charge >= 0.3 is 0 Å². The molecule has 4 heteroatoms. The lowest BCUT2D eigenvalue weighted by molar-refractivity contribution is 0.897. The number of hydrogen-bond donors (Lipinski definition) is 0. The second-order valence-electron chi connectivity index (χ2n) is 6.50. The van der Waals surface area contributed by atoms with Crippen molar-refractivity contribution in [3.63, 3.8) is 0 Å². The fourth-order valence-electron chi connectivity index (χ4n) is 3.34. The van der Waals surface area contributed by atoms with Gasteiger partial charge < -0.3 is 0 Å². The zero-order chi connectivity index (χ0) is 20.2. The molecule has 0 atom stereocenters. The molecule has 0 aliphatic carbocycles. The highest BCUT2D eigenvalue weighted by molar-refractivity contribution is 7.12. The Morgan fingerprint density at radius 2 is 1.45 bits per heavy atom. The van der Waals surface area contributed by atoms with Gasteiger partial charge in [0.2, 0.25) is 5.13 Å². The summed E-state index contributed by atoms with van der Waals surface area (Å²) in [7, 11) is 0. The third kappa shape index (κ3) is 3.71. The number of benzene rings is 3. The van der Waals surface area contributed by atoms with E-state index in [1.807, 2.05) is 37.6 Å². The Morgan fingerprint density at radius 3 is 2.21 bits per heavy atom. The van der Waals surface area contributed by atoms with Crippen molar-refractivity contribution in [1.29, 1.82) is 0 Å². The Labute approximate surface area is 175 Å². The van der Waals surface area contributed by atoms with E-state index in [2.05, 4.69) is 77.1 Å². The number of fused-ring (bicyclic) bond motifs is 1. The number of thiazole rings is 1. The molecule has 5 aromatic rings. The molecule has 0 saturated carbocycles. The van der Waals surface area contributed by atoms with Crippen molar-refractivity contribution >= 4 is 22.2 Å². The van der Waals surface area contributed by atoms with E-state index in [4.69, 9.17) is 5.10 Å². The van der Waals surface area contributed by atoms with Gasteiger partial charge in [-0.05, 0) is 30.2 Å². The van der Waals surface area contributed by atoms with Gasteiger partial charge in [0.05, 0.1) is 11.2 Å². The summed E-state index contributed by atoms with van der Waals surface area (Å²) in [6.07, 6.45) is 0. The highest BCUT2D eigenvalue weighted by atomic mass is 32.1. The van der Waals surface area contributed by atoms with Crippen molar-refractivity contribution in [1.82, 2.24) is 14.8 Å². The van der Waals surface area contributed by atoms with Crippen LogP contribution in [0.1, 0.15) is 19.5 Å². The van der Waals surface area contributed by atoms with Crippen LogP contribution < -0.4 is 0 Å². The Bertz CT molecular complexity index is 1240. The molecule has 144 valence electrons. The zero-order valence-corrected chi connectivity index (χ0v) is 17.6. The van der Waals surface area contributed by atoms with Crippen LogP contribution >= 0.6 is 11.3 Å². The van der Waals surface area contributed by atoms with Crippen LogP contribution in [0, 0.1) is 6.92 Å². The summed E-state index contributed by atoms with van der Waals surface area (Å²) >= 11 is 1.62. The average Bonchev–Trinajstić information content (AvgIpc) is 3.39. The molecule has 0 fully saturated rings. The van der Waals surface area contributed by atoms with Crippen LogP contribution in [0.5, 0.6) is 0 Å². The summed E-state index contributed by atoms with van der Waals surface area (Å²) < 4.78 is 1.96. The van der Waals surface area contributed by atoms with Crippen molar-refractivity contribution in [3.8, 4) is 27.5 Å². The molecule has 5 rings (SSSR count). The van der Waals surface area contributed by atoms with Gasteiger partial charge in [-0.1, -0.05) is 80.6 Å². The second-order valence-corrected chi connectivity index (χ2v) is 7.33. The monoisotopic (exact) mass is 397 g/mol. The summed E-state index contributed by atoms with van der Waals surface area (Å²) in [5, 5.41) is 9.03. The van der Waals surface area contributed by atoms with Crippen molar-refractivity contribution in [2.75, 3.05) is 0 Å². The molecular formula is C25H23N3S. The summed E-state index contributed by atoms with van der Waals surface area (Å²) in [4.78, 5) is 4.62. The predicted molar refractivity (Wildman–Crippen MR) is 124 cm³/mol. The minimum absolute atomic E-state index is 0.897. The van der Waals surface area contributed by atoms with E-state index in [-0.39, 0.29) is 0 Å². The first-order chi connectivity index (χ1) is 14.3. The quantitative estimate of drug-likeness (QED) is 0.323. The van der Waals surface area contributed by atoms with Crippen LogP contribution in [0.25, 0.3) is 38.4 Å². The van der Waals surface area contributed by atoms with Gasteiger partial charge in [0, 0.05) is 16.3 Å². The highest BCUT2D eigenvalue weighted by Gasteiger charge is 2.15. The Morgan fingerprint density at radius 1 is 0.759 bits per heavy atom. The van der Waals surface area contributed by atoms with E-state index in [1.54, 1.807) is 11.3 Å². The Balaban J connectivity index is 0.000000994.